The fraction of sp³-hybridized carbons (Fsp3) is 0.647. The largest absolute Gasteiger partial charge is 0.493 e. The maximum absolute atomic E-state index is 6.35. The van der Waals surface area contributed by atoms with E-state index in [1.807, 2.05) is 17.8 Å². The van der Waals surface area contributed by atoms with Crippen molar-refractivity contribution in [1.82, 2.24) is 5.32 Å². The number of rotatable bonds is 5. The quantitative estimate of drug-likeness (QED) is 0.904. The summed E-state index contributed by atoms with van der Waals surface area (Å²) in [4.78, 5) is 0. The number of thioether (sulfide) groups is 1. The second-order valence-electron chi connectivity index (χ2n) is 5.88. The lowest BCUT2D eigenvalue weighted by Gasteiger charge is -2.26. The fourth-order valence-corrected chi connectivity index (χ4v) is 4.24. The van der Waals surface area contributed by atoms with Crippen LogP contribution in [0.3, 0.4) is 0 Å². The molecule has 2 saturated heterocycles. The summed E-state index contributed by atoms with van der Waals surface area (Å²) in [6.45, 7) is 1.14. The van der Waals surface area contributed by atoms with Crippen molar-refractivity contribution in [2.75, 3.05) is 25.2 Å². The third-order valence-electron chi connectivity index (χ3n) is 4.36. The summed E-state index contributed by atoms with van der Waals surface area (Å²) in [5.74, 6) is 4.27. The molecule has 0 spiro atoms. The predicted octanol–water partition coefficient (Wildman–Crippen LogP) is 3.26. The molecule has 0 bridgehead atoms. The highest BCUT2D eigenvalue weighted by molar-refractivity contribution is 7.99. The van der Waals surface area contributed by atoms with E-state index in [0.717, 1.165) is 37.3 Å². The number of methoxy groups -OCH3 is 1. The molecule has 0 saturated carbocycles. The van der Waals surface area contributed by atoms with Crippen molar-refractivity contribution in [3.63, 3.8) is 0 Å². The van der Waals surface area contributed by atoms with Gasteiger partial charge in [0.05, 0.1) is 7.11 Å². The first kappa shape index (κ1) is 15.0. The molecule has 1 N–H and O–H groups in total. The highest BCUT2D eigenvalue weighted by Crippen LogP contribution is 2.35. The van der Waals surface area contributed by atoms with E-state index in [0.29, 0.717) is 12.1 Å². The van der Waals surface area contributed by atoms with Crippen LogP contribution >= 0.6 is 11.8 Å². The van der Waals surface area contributed by atoms with E-state index in [9.17, 15) is 0 Å². The average molecular weight is 307 g/mol. The SMILES string of the molecule is COc1cccc(CC2CCCN2)c1OC1CCSCC1. The van der Waals surface area contributed by atoms with E-state index < -0.39 is 0 Å². The van der Waals surface area contributed by atoms with Gasteiger partial charge in [0, 0.05) is 6.04 Å². The van der Waals surface area contributed by atoms with Gasteiger partial charge in [0.15, 0.2) is 11.5 Å². The zero-order valence-corrected chi connectivity index (χ0v) is 13.6. The van der Waals surface area contributed by atoms with Gasteiger partial charge in [-0.1, -0.05) is 12.1 Å². The maximum atomic E-state index is 6.35. The van der Waals surface area contributed by atoms with Crippen molar-refractivity contribution < 1.29 is 9.47 Å². The molecule has 1 aromatic carbocycles. The van der Waals surface area contributed by atoms with Crippen molar-refractivity contribution in [2.24, 2.45) is 0 Å². The minimum Gasteiger partial charge on any atom is -0.493 e. The molecule has 3 rings (SSSR count). The summed E-state index contributed by atoms with van der Waals surface area (Å²) >= 11 is 2.03. The molecule has 0 aromatic heterocycles. The van der Waals surface area contributed by atoms with Gasteiger partial charge < -0.3 is 14.8 Å². The highest BCUT2D eigenvalue weighted by atomic mass is 32.2. The van der Waals surface area contributed by atoms with E-state index in [4.69, 9.17) is 9.47 Å². The van der Waals surface area contributed by atoms with Gasteiger partial charge in [-0.15, -0.1) is 0 Å². The van der Waals surface area contributed by atoms with Crippen LogP contribution < -0.4 is 14.8 Å². The predicted molar refractivity (Wildman–Crippen MR) is 88.7 cm³/mol. The number of nitrogens with one attached hydrogen (secondary N) is 1. The summed E-state index contributed by atoms with van der Waals surface area (Å²) in [6, 6.07) is 6.86. The lowest BCUT2D eigenvalue weighted by molar-refractivity contribution is 0.182. The Kier molecular flexibility index (Phi) is 5.31. The topological polar surface area (TPSA) is 30.5 Å². The molecule has 4 heteroatoms. The number of para-hydroxylation sites is 1. The van der Waals surface area contributed by atoms with Crippen LogP contribution in [0.25, 0.3) is 0 Å². The average Bonchev–Trinajstić information content (AvgIpc) is 3.03. The third kappa shape index (κ3) is 3.86. The zero-order chi connectivity index (χ0) is 14.5. The molecule has 2 heterocycles. The van der Waals surface area contributed by atoms with Crippen LogP contribution in [0, 0.1) is 0 Å². The molecule has 2 aliphatic rings. The first-order chi connectivity index (χ1) is 10.4. The summed E-state index contributed by atoms with van der Waals surface area (Å²) in [7, 11) is 1.73. The molecule has 0 aliphatic carbocycles. The Morgan fingerprint density at radius 1 is 1.24 bits per heavy atom. The van der Waals surface area contributed by atoms with Crippen molar-refractivity contribution in [2.45, 2.75) is 44.2 Å². The van der Waals surface area contributed by atoms with Gasteiger partial charge in [0.25, 0.3) is 0 Å². The molecule has 3 nitrogen and oxygen atoms in total. The number of ether oxygens (including phenoxy) is 2. The van der Waals surface area contributed by atoms with Gasteiger partial charge in [-0.05, 0) is 61.8 Å². The molecule has 1 aromatic rings. The lowest BCUT2D eigenvalue weighted by Crippen LogP contribution is -2.26. The lowest BCUT2D eigenvalue weighted by atomic mass is 10.0. The number of benzene rings is 1. The second kappa shape index (κ2) is 7.41. The second-order valence-corrected chi connectivity index (χ2v) is 7.10. The van der Waals surface area contributed by atoms with Crippen molar-refractivity contribution in [3.05, 3.63) is 23.8 Å². The maximum Gasteiger partial charge on any atom is 0.164 e. The van der Waals surface area contributed by atoms with Crippen molar-refractivity contribution in [1.29, 1.82) is 0 Å². The first-order valence-corrected chi connectivity index (χ1v) is 9.16. The van der Waals surface area contributed by atoms with Crippen LogP contribution in [0.15, 0.2) is 18.2 Å². The molecular formula is C17H25NO2S. The summed E-state index contributed by atoms with van der Waals surface area (Å²) in [5, 5.41) is 3.57. The molecule has 2 fully saturated rings. The van der Waals surface area contributed by atoms with Crippen molar-refractivity contribution in [3.8, 4) is 11.5 Å². The van der Waals surface area contributed by atoms with Crippen LogP contribution in [0.5, 0.6) is 11.5 Å². The van der Waals surface area contributed by atoms with Gasteiger partial charge in [0.1, 0.15) is 6.10 Å². The Morgan fingerprint density at radius 2 is 2.10 bits per heavy atom. The van der Waals surface area contributed by atoms with Crippen LogP contribution in [0.2, 0.25) is 0 Å². The Morgan fingerprint density at radius 3 is 2.81 bits per heavy atom. The Bertz CT molecular complexity index is 454. The van der Waals surface area contributed by atoms with Crippen LogP contribution in [0.1, 0.15) is 31.2 Å². The Balaban J connectivity index is 1.77. The minimum absolute atomic E-state index is 0.345. The molecule has 0 radical (unpaired) electrons. The van der Waals surface area contributed by atoms with Gasteiger partial charge in [-0.3, -0.25) is 0 Å². The fourth-order valence-electron chi connectivity index (χ4n) is 3.17. The summed E-state index contributed by atoms with van der Waals surface area (Å²) in [6.07, 6.45) is 6.21. The Hall–Kier alpha value is -0.870. The third-order valence-corrected chi connectivity index (χ3v) is 5.41. The van der Waals surface area contributed by atoms with Gasteiger partial charge in [-0.25, -0.2) is 0 Å². The molecule has 0 amide bonds. The molecule has 2 aliphatic heterocycles. The summed E-state index contributed by atoms with van der Waals surface area (Å²) < 4.78 is 11.9. The Labute approximate surface area is 131 Å². The van der Waals surface area contributed by atoms with Gasteiger partial charge >= 0.3 is 0 Å². The number of hydrogen-bond donors (Lipinski definition) is 1. The number of hydrogen-bond acceptors (Lipinski definition) is 4. The standard InChI is InChI=1S/C17H25NO2S/c1-19-16-6-2-4-13(12-14-5-3-9-18-14)17(16)20-15-7-10-21-11-8-15/h2,4,6,14-15,18H,3,5,7-12H2,1H3. The van der Waals surface area contributed by atoms with Crippen LogP contribution in [-0.4, -0.2) is 37.3 Å². The monoisotopic (exact) mass is 307 g/mol. The highest BCUT2D eigenvalue weighted by Gasteiger charge is 2.22. The minimum atomic E-state index is 0.345. The molecular weight excluding hydrogens is 282 g/mol. The van der Waals surface area contributed by atoms with E-state index in [1.165, 1.54) is 29.9 Å². The molecule has 1 unspecified atom stereocenters. The van der Waals surface area contributed by atoms with Gasteiger partial charge in [-0.2, -0.15) is 11.8 Å². The molecule has 21 heavy (non-hydrogen) atoms. The van der Waals surface area contributed by atoms with E-state index in [-0.39, 0.29) is 0 Å². The normalized spacial score (nSPS) is 23.2. The van der Waals surface area contributed by atoms with Crippen molar-refractivity contribution >= 4 is 11.8 Å². The van der Waals surface area contributed by atoms with Crippen LogP contribution in [-0.2, 0) is 6.42 Å². The van der Waals surface area contributed by atoms with Crippen LogP contribution in [0.4, 0.5) is 0 Å². The first-order valence-electron chi connectivity index (χ1n) is 8.00. The van der Waals surface area contributed by atoms with E-state index >= 15 is 0 Å². The molecule has 116 valence electrons. The van der Waals surface area contributed by atoms with E-state index in [2.05, 4.69) is 17.4 Å². The van der Waals surface area contributed by atoms with Gasteiger partial charge in [0.2, 0.25) is 0 Å². The zero-order valence-electron chi connectivity index (χ0n) is 12.8. The summed E-state index contributed by atoms with van der Waals surface area (Å²) in [5.41, 5.74) is 1.28. The molecule has 1 atom stereocenters. The van der Waals surface area contributed by atoms with E-state index in [1.54, 1.807) is 7.11 Å². The smallest absolute Gasteiger partial charge is 0.164 e.